The molecule has 0 saturated heterocycles. The zero-order valence-electron chi connectivity index (χ0n) is 10.4. The Morgan fingerprint density at radius 1 is 1.31 bits per heavy atom. The molecular formula is C13H21N3. The van der Waals surface area contributed by atoms with Crippen LogP contribution in [0.3, 0.4) is 0 Å². The molecule has 0 aromatic heterocycles. The summed E-state index contributed by atoms with van der Waals surface area (Å²) in [6.07, 6.45) is 0. The number of benzene rings is 1. The first kappa shape index (κ1) is 12.6. The number of nitrogens with zero attached hydrogens (tertiary/aromatic N) is 2. The number of rotatable bonds is 4. The van der Waals surface area contributed by atoms with E-state index in [9.17, 15) is 0 Å². The Hall–Kier alpha value is -1.51. The first-order valence-electron chi connectivity index (χ1n) is 5.75. The van der Waals surface area contributed by atoms with Gasteiger partial charge in [-0.2, -0.15) is 0 Å². The number of guanidine groups is 1. The molecule has 0 aliphatic rings. The van der Waals surface area contributed by atoms with Crippen LogP contribution in [0.25, 0.3) is 0 Å². The van der Waals surface area contributed by atoms with Crippen LogP contribution in [0.1, 0.15) is 26.3 Å². The second-order valence-corrected chi connectivity index (χ2v) is 4.04. The van der Waals surface area contributed by atoms with Gasteiger partial charge in [0.1, 0.15) is 0 Å². The lowest BCUT2D eigenvalue weighted by atomic mass is 10.2. The van der Waals surface area contributed by atoms with Crippen molar-refractivity contribution < 1.29 is 0 Å². The maximum atomic E-state index is 5.95. The minimum atomic E-state index is 0.393. The number of hydrogen-bond acceptors (Lipinski definition) is 1. The molecule has 16 heavy (non-hydrogen) atoms. The van der Waals surface area contributed by atoms with Crippen LogP contribution in [0, 0.1) is 0 Å². The van der Waals surface area contributed by atoms with E-state index < -0.39 is 0 Å². The molecule has 0 aliphatic heterocycles. The van der Waals surface area contributed by atoms with Crippen LogP contribution in [-0.4, -0.2) is 23.4 Å². The average Bonchev–Trinajstić information content (AvgIpc) is 2.28. The molecule has 88 valence electrons. The molecule has 0 radical (unpaired) electrons. The van der Waals surface area contributed by atoms with Crippen molar-refractivity contribution in [3.8, 4) is 0 Å². The SMILES string of the molecule is CCN(C(N)=NCc1ccccc1)C(C)C. The number of aliphatic imine (C=N–C) groups is 1. The summed E-state index contributed by atoms with van der Waals surface area (Å²) in [7, 11) is 0. The summed E-state index contributed by atoms with van der Waals surface area (Å²) in [4.78, 5) is 6.49. The summed E-state index contributed by atoms with van der Waals surface area (Å²) >= 11 is 0. The lowest BCUT2D eigenvalue weighted by molar-refractivity contribution is 0.361. The number of hydrogen-bond donors (Lipinski definition) is 1. The molecule has 0 bridgehead atoms. The van der Waals surface area contributed by atoms with Gasteiger partial charge in [-0.3, -0.25) is 0 Å². The van der Waals surface area contributed by atoms with Crippen molar-refractivity contribution in [2.45, 2.75) is 33.4 Å². The van der Waals surface area contributed by atoms with Crippen molar-refractivity contribution >= 4 is 5.96 Å². The largest absolute Gasteiger partial charge is 0.370 e. The van der Waals surface area contributed by atoms with E-state index in [0.29, 0.717) is 18.5 Å². The summed E-state index contributed by atoms with van der Waals surface area (Å²) in [5, 5.41) is 0. The van der Waals surface area contributed by atoms with Crippen molar-refractivity contribution in [1.29, 1.82) is 0 Å². The second kappa shape index (κ2) is 6.16. The van der Waals surface area contributed by atoms with Gasteiger partial charge >= 0.3 is 0 Å². The van der Waals surface area contributed by atoms with Crippen LogP contribution in [0.5, 0.6) is 0 Å². The van der Waals surface area contributed by atoms with E-state index in [2.05, 4.69) is 42.8 Å². The first-order chi connectivity index (χ1) is 7.65. The lowest BCUT2D eigenvalue weighted by Crippen LogP contribution is -2.41. The van der Waals surface area contributed by atoms with Crippen LogP contribution in [-0.2, 0) is 6.54 Å². The molecule has 0 aliphatic carbocycles. The quantitative estimate of drug-likeness (QED) is 0.623. The van der Waals surface area contributed by atoms with Gasteiger partial charge in [0.25, 0.3) is 0 Å². The highest BCUT2D eigenvalue weighted by molar-refractivity contribution is 5.78. The second-order valence-electron chi connectivity index (χ2n) is 4.04. The Labute approximate surface area is 98.0 Å². The van der Waals surface area contributed by atoms with E-state index in [1.165, 1.54) is 5.56 Å². The molecule has 3 heteroatoms. The fourth-order valence-corrected chi connectivity index (χ4v) is 1.64. The van der Waals surface area contributed by atoms with Gasteiger partial charge in [-0.05, 0) is 26.3 Å². The Morgan fingerprint density at radius 2 is 1.94 bits per heavy atom. The Kier molecular flexibility index (Phi) is 4.83. The van der Waals surface area contributed by atoms with E-state index in [0.717, 1.165) is 6.54 Å². The van der Waals surface area contributed by atoms with Gasteiger partial charge in [0.05, 0.1) is 6.54 Å². The summed E-state index contributed by atoms with van der Waals surface area (Å²) in [6, 6.07) is 10.5. The predicted molar refractivity (Wildman–Crippen MR) is 69.3 cm³/mol. The van der Waals surface area contributed by atoms with Crippen molar-refractivity contribution in [3.63, 3.8) is 0 Å². The van der Waals surface area contributed by atoms with Gasteiger partial charge in [-0.15, -0.1) is 0 Å². The molecule has 1 aromatic carbocycles. The van der Waals surface area contributed by atoms with Crippen molar-refractivity contribution in [2.75, 3.05) is 6.54 Å². The third-order valence-corrected chi connectivity index (χ3v) is 2.52. The molecule has 0 fully saturated rings. The Balaban J connectivity index is 2.63. The zero-order valence-corrected chi connectivity index (χ0v) is 10.4. The lowest BCUT2D eigenvalue weighted by Gasteiger charge is -2.26. The van der Waals surface area contributed by atoms with Gasteiger partial charge in [-0.25, -0.2) is 4.99 Å². The van der Waals surface area contributed by atoms with Crippen molar-refractivity contribution in [1.82, 2.24) is 4.90 Å². The highest BCUT2D eigenvalue weighted by Gasteiger charge is 2.08. The molecule has 2 N–H and O–H groups in total. The van der Waals surface area contributed by atoms with Crippen molar-refractivity contribution in [3.05, 3.63) is 35.9 Å². The van der Waals surface area contributed by atoms with Gasteiger partial charge in [-0.1, -0.05) is 30.3 Å². The van der Waals surface area contributed by atoms with E-state index in [1.54, 1.807) is 0 Å². The van der Waals surface area contributed by atoms with Crippen LogP contribution in [0.15, 0.2) is 35.3 Å². The Morgan fingerprint density at radius 3 is 2.44 bits per heavy atom. The molecule has 3 nitrogen and oxygen atoms in total. The van der Waals surface area contributed by atoms with Crippen LogP contribution >= 0.6 is 0 Å². The summed E-state index contributed by atoms with van der Waals surface area (Å²) in [6.45, 7) is 7.87. The summed E-state index contributed by atoms with van der Waals surface area (Å²) in [5.74, 6) is 0.626. The molecule has 0 spiro atoms. The molecule has 0 saturated carbocycles. The van der Waals surface area contributed by atoms with Crippen LogP contribution in [0.2, 0.25) is 0 Å². The third kappa shape index (κ3) is 3.57. The molecule has 1 rings (SSSR count). The normalized spacial score (nSPS) is 11.9. The fourth-order valence-electron chi connectivity index (χ4n) is 1.64. The van der Waals surface area contributed by atoms with Crippen LogP contribution in [0.4, 0.5) is 0 Å². The third-order valence-electron chi connectivity index (χ3n) is 2.52. The molecule has 0 heterocycles. The minimum Gasteiger partial charge on any atom is -0.370 e. The molecule has 0 atom stereocenters. The van der Waals surface area contributed by atoms with Crippen LogP contribution < -0.4 is 5.73 Å². The van der Waals surface area contributed by atoms with E-state index in [1.807, 2.05) is 18.2 Å². The maximum absolute atomic E-state index is 5.95. The maximum Gasteiger partial charge on any atom is 0.191 e. The van der Waals surface area contributed by atoms with Gasteiger partial charge in [0.2, 0.25) is 0 Å². The zero-order chi connectivity index (χ0) is 12.0. The smallest absolute Gasteiger partial charge is 0.191 e. The van der Waals surface area contributed by atoms with E-state index in [4.69, 9.17) is 5.73 Å². The topological polar surface area (TPSA) is 41.6 Å². The van der Waals surface area contributed by atoms with Gasteiger partial charge in [0, 0.05) is 12.6 Å². The van der Waals surface area contributed by atoms with E-state index in [-0.39, 0.29) is 0 Å². The van der Waals surface area contributed by atoms with Crippen molar-refractivity contribution in [2.24, 2.45) is 10.7 Å². The molecule has 0 amide bonds. The monoisotopic (exact) mass is 219 g/mol. The minimum absolute atomic E-state index is 0.393. The standard InChI is InChI=1S/C13H21N3/c1-4-16(11(2)3)13(14)15-10-12-8-6-5-7-9-12/h5-9,11H,4,10H2,1-3H3,(H2,14,15). The summed E-state index contributed by atoms with van der Waals surface area (Å²) in [5.41, 5.74) is 7.14. The first-order valence-corrected chi connectivity index (χ1v) is 5.75. The Bertz CT molecular complexity index is 330. The highest BCUT2D eigenvalue weighted by Crippen LogP contribution is 2.02. The average molecular weight is 219 g/mol. The fraction of sp³-hybridized carbons (Fsp3) is 0.462. The van der Waals surface area contributed by atoms with Gasteiger partial charge in [0.15, 0.2) is 5.96 Å². The number of nitrogens with two attached hydrogens (primary N) is 1. The van der Waals surface area contributed by atoms with E-state index >= 15 is 0 Å². The molecule has 1 aromatic rings. The predicted octanol–water partition coefficient (Wildman–Crippen LogP) is 2.23. The summed E-state index contributed by atoms with van der Waals surface area (Å²) < 4.78 is 0. The molecule has 0 unspecified atom stereocenters. The molecular weight excluding hydrogens is 198 g/mol. The highest BCUT2D eigenvalue weighted by atomic mass is 15.3. The van der Waals surface area contributed by atoms with Gasteiger partial charge < -0.3 is 10.6 Å².